The second-order valence-corrected chi connectivity index (χ2v) is 5.91. The second kappa shape index (κ2) is 6.98. The van der Waals surface area contributed by atoms with E-state index in [1.54, 1.807) is 0 Å². The van der Waals surface area contributed by atoms with Gasteiger partial charge in [0.2, 0.25) is 0 Å². The zero-order valence-electron chi connectivity index (χ0n) is 11.6. The molecule has 1 aliphatic rings. The number of carbonyl (C=O) groups is 1. The highest BCUT2D eigenvalue weighted by atomic mass is 32.1. The van der Waals surface area contributed by atoms with E-state index in [-0.39, 0.29) is 5.91 Å². The Morgan fingerprint density at radius 1 is 1.42 bits per heavy atom. The number of hydrogen-bond acceptors (Lipinski definition) is 5. The third-order valence-corrected chi connectivity index (χ3v) is 4.22. The SMILES string of the molecule is Cc1nc(C)c(C(=O)NCCCN2CCOCC2)s1. The number of ether oxygens (including phenoxy) is 1. The van der Waals surface area contributed by atoms with E-state index < -0.39 is 0 Å². The summed E-state index contributed by atoms with van der Waals surface area (Å²) in [7, 11) is 0. The molecule has 0 unspecified atom stereocenters. The minimum Gasteiger partial charge on any atom is -0.379 e. The predicted molar refractivity (Wildman–Crippen MR) is 75.8 cm³/mol. The molecule has 106 valence electrons. The third kappa shape index (κ3) is 4.26. The molecule has 0 radical (unpaired) electrons. The minimum absolute atomic E-state index is 0.00470. The van der Waals surface area contributed by atoms with Gasteiger partial charge in [-0.1, -0.05) is 0 Å². The van der Waals surface area contributed by atoms with Crippen molar-refractivity contribution in [2.45, 2.75) is 20.3 Å². The lowest BCUT2D eigenvalue weighted by Crippen LogP contribution is -2.38. The quantitative estimate of drug-likeness (QED) is 0.825. The molecule has 0 atom stereocenters. The van der Waals surface area contributed by atoms with Crippen molar-refractivity contribution >= 4 is 17.2 Å². The average Bonchev–Trinajstić information content (AvgIpc) is 2.75. The molecule has 1 fully saturated rings. The van der Waals surface area contributed by atoms with Crippen LogP contribution in [-0.2, 0) is 4.74 Å². The van der Waals surface area contributed by atoms with E-state index in [9.17, 15) is 4.79 Å². The number of nitrogens with one attached hydrogen (secondary N) is 1. The van der Waals surface area contributed by atoms with E-state index in [4.69, 9.17) is 4.74 Å². The predicted octanol–water partition coefficient (Wildman–Crippen LogP) is 1.21. The van der Waals surface area contributed by atoms with Crippen LogP contribution in [0.3, 0.4) is 0 Å². The first-order chi connectivity index (χ1) is 9.16. The molecule has 1 aromatic rings. The maximum Gasteiger partial charge on any atom is 0.263 e. The highest BCUT2D eigenvalue weighted by molar-refractivity contribution is 7.13. The molecule has 2 heterocycles. The molecule has 1 aliphatic heterocycles. The van der Waals surface area contributed by atoms with Crippen molar-refractivity contribution in [3.63, 3.8) is 0 Å². The van der Waals surface area contributed by atoms with Gasteiger partial charge >= 0.3 is 0 Å². The van der Waals surface area contributed by atoms with E-state index in [2.05, 4.69) is 15.2 Å². The van der Waals surface area contributed by atoms with Crippen LogP contribution in [0.1, 0.15) is 26.8 Å². The molecule has 6 heteroatoms. The van der Waals surface area contributed by atoms with E-state index in [1.807, 2.05) is 13.8 Å². The lowest BCUT2D eigenvalue weighted by Gasteiger charge is -2.26. The molecule has 0 aromatic carbocycles. The van der Waals surface area contributed by atoms with Crippen LogP contribution in [0.5, 0.6) is 0 Å². The Labute approximate surface area is 118 Å². The molecule has 2 rings (SSSR count). The molecule has 5 nitrogen and oxygen atoms in total. The fourth-order valence-corrected chi connectivity index (χ4v) is 2.99. The number of morpholine rings is 1. The highest BCUT2D eigenvalue weighted by Crippen LogP contribution is 2.16. The van der Waals surface area contributed by atoms with Crippen LogP contribution >= 0.6 is 11.3 Å². The van der Waals surface area contributed by atoms with Gasteiger partial charge in [0.1, 0.15) is 4.88 Å². The Balaban J connectivity index is 1.67. The number of thiazole rings is 1. The average molecular weight is 283 g/mol. The highest BCUT2D eigenvalue weighted by Gasteiger charge is 2.13. The van der Waals surface area contributed by atoms with Crippen LogP contribution in [0.4, 0.5) is 0 Å². The summed E-state index contributed by atoms with van der Waals surface area (Å²) in [5, 5.41) is 3.91. The smallest absolute Gasteiger partial charge is 0.263 e. The molecule has 19 heavy (non-hydrogen) atoms. The van der Waals surface area contributed by atoms with Gasteiger partial charge in [-0.05, 0) is 26.8 Å². The van der Waals surface area contributed by atoms with Crippen LogP contribution in [0.2, 0.25) is 0 Å². The maximum absolute atomic E-state index is 12.0. The number of hydrogen-bond donors (Lipinski definition) is 1. The van der Waals surface area contributed by atoms with Crippen molar-refractivity contribution in [1.29, 1.82) is 0 Å². The second-order valence-electron chi connectivity index (χ2n) is 4.71. The Kier molecular flexibility index (Phi) is 5.30. The van der Waals surface area contributed by atoms with E-state index in [0.717, 1.165) is 54.8 Å². The van der Waals surface area contributed by atoms with Gasteiger partial charge in [-0.2, -0.15) is 0 Å². The van der Waals surface area contributed by atoms with E-state index >= 15 is 0 Å². The van der Waals surface area contributed by atoms with Gasteiger partial charge in [-0.3, -0.25) is 9.69 Å². The molecule has 0 spiro atoms. The number of carbonyl (C=O) groups excluding carboxylic acids is 1. The largest absolute Gasteiger partial charge is 0.379 e. The Morgan fingerprint density at radius 2 is 2.16 bits per heavy atom. The van der Waals surface area contributed by atoms with Crippen LogP contribution in [0.15, 0.2) is 0 Å². The van der Waals surface area contributed by atoms with Crippen molar-refractivity contribution in [1.82, 2.24) is 15.2 Å². The first kappa shape index (κ1) is 14.4. The normalized spacial score (nSPS) is 16.5. The van der Waals surface area contributed by atoms with Gasteiger partial charge in [0.25, 0.3) is 5.91 Å². The summed E-state index contributed by atoms with van der Waals surface area (Å²) in [6.07, 6.45) is 0.975. The number of aromatic nitrogens is 1. The van der Waals surface area contributed by atoms with Crippen LogP contribution in [-0.4, -0.2) is 55.2 Å². The first-order valence-electron chi connectivity index (χ1n) is 6.69. The molecule has 0 aliphatic carbocycles. The van der Waals surface area contributed by atoms with Crippen molar-refractivity contribution in [2.75, 3.05) is 39.4 Å². The van der Waals surface area contributed by atoms with Crippen LogP contribution < -0.4 is 5.32 Å². The van der Waals surface area contributed by atoms with Crippen molar-refractivity contribution in [3.8, 4) is 0 Å². The molecule has 0 bridgehead atoms. The van der Waals surface area contributed by atoms with E-state index in [1.165, 1.54) is 11.3 Å². The summed E-state index contributed by atoms with van der Waals surface area (Å²) in [6.45, 7) is 9.19. The topological polar surface area (TPSA) is 54.5 Å². The van der Waals surface area contributed by atoms with Crippen molar-refractivity contribution in [3.05, 3.63) is 15.6 Å². The lowest BCUT2D eigenvalue weighted by atomic mass is 10.3. The standard InChI is InChI=1S/C13H21N3O2S/c1-10-12(19-11(2)15-10)13(17)14-4-3-5-16-6-8-18-9-7-16/h3-9H2,1-2H3,(H,14,17). The fourth-order valence-electron chi connectivity index (χ4n) is 2.15. The van der Waals surface area contributed by atoms with Gasteiger partial charge in [0.15, 0.2) is 0 Å². The Bertz CT molecular complexity index is 428. The van der Waals surface area contributed by atoms with Gasteiger partial charge < -0.3 is 10.1 Å². The van der Waals surface area contributed by atoms with E-state index in [0.29, 0.717) is 6.54 Å². The molecule has 0 saturated carbocycles. The summed E-state index contributed by atoms with van der Waals surface area (Å²) in [5.41, 5.74) is 0.827. The number of rotatable bonds is 5. The fraction of sp³-hybridized carbons (Fsp3) is 0.692. The molecule has 1 aromatic heterocycles. The van der Waals surface area contributed by atoms with Gasteiger partial charge in [-0.25, -0.2) is 4.98 Å². The van der Waals surface area contributed by atoms with Crippen molar-refractivity contribution < 1.29 is 9.53 Å². The molecule has 1 amide bonds. The molecular weight excluding hydrogens is 262 g/mol. The summed E-state index contributed by atoms with van der Waals surface area (Å²) in [5.74, 6) is 0.00470. The molecule has 1 saturated heterocycles. The summed E-state index contributed by atoms with van der Waals surface area (Å²) in [4.78, 5) is 19.3. The van der Waals surface area contributed by atoms with Gasteiger partial charge in [-0.15, -0.1) is 11.3 Å². The summed E-state index contributed by atoms with van der Waals surface area (Å²) < 4.78 is 5.30. The Hall–Kier alpha value is -0.980. The first-order valence-corrected chi connectivity index (χ1v) is 7.51. The minimum atomic E-state index is 0.00470. The van der Waals surface area contributed by atoms with Gasteiger partial charge in [0, 0.05) is 19.6 Å². The maximum atomic E-state index is 12.0. The zero-order valence-corrected chi connectivity index (χ0v) is 12.4. The number of amides is 1. The van der Waals surface area contributed by atoms with Crippen LogP contribution in [0.25, 0.3) is 0 Å². The third-order valence-electron chi connectivity index (χ3n) is 3.15. The zero-order chi connectivity index (χ0) is 13.7. The summed E-state index contributed by atoms with van der Waals surface area (Å²) in [6, 6.07) is 0. The van der Waals surface area contributed by atoms with Crippen LogP contribution in [0, 0.1) is 13.8 Å². The Morgan fingerprint density at radius 3 is 2.79 bits per heavy atom. The monoisotopic (exact) mass is 283 g/mol. The lowest BCUT2D eigenvalue weighted by molar-refractivity contribution is 0.0374. The molecular formula is C13H21N3O2S. The van der Waals surface area contributed by atoms with Gasteiger partial charge in [0.05, 0.1) is 23.9 Å². The summed E-state index contributed by atoms with van der Waals surface area (Å²) >= 11 is 1.46. The number of nitrogens with zero attached hydrogens (tertiary/aromatic N) is 2. The van der Waals surface area contributed by atoms with Crippen molar-refractivity contribution in [2.24, 2.45) is 0 Å². The molecule has 1 N–H and O–H groups in total. The number of aryl methyl sites for hydroxylation is 2.